The molecular formula is C13H16N3O2+. The van der Waals surface area contributed by atoms with Crippen LogP contribution in [0, 0.1) is 0 Å². The van der Waals surface area contributed by atoms with Gasteiger partial charge in [0.1, 0.15) is 11.6 Å². The second kappa shape index (κ2) is 3.83. The SMILES string of the molecule is c1ccc(C2OOC34CCC(CC3)N=NC24)[nH+]c1. The fraction of sp³-hybridized carbons (Fsp3) is 0.615. The number of nitrogens with one attached hydrogen (secondary N) is 1. The van der Waals surface area contributed by atoms with Crippen LogP contribution in [0.5, 0.6) is 0 Å². The summed E-state index contributed by atoms with van der Waals surface area (Å²) >= 11 is 0. The lowest BCUT2D eigenvalue weighted by atomic mass is 9.77. The van der Waals surface area contributed by atoms with Crippen molar-refractivity contribution in [1.29, 1.82) is 0 Å². The van der Waals surface area contributed by atoms with Gasteiger partial charge in [-0.15, -0.1) is 0 Å². The van der Waals surface area contributed by atoms with E-state index in [9.17, 15) is 0 Å². The monoisotopic (exact) mass is 246 g/mol. The third-order valence-corrected chi connectivity index (χ3v) is 4.34. The van der Waals surface area contributed by atoms with E-state index >= 15 is 0 Å². The summed E-state index contributed by atoms with van der Waals surface area (Å²) in [5.41, 5.74) is 0.758. The maximum absolute atomic E-state index is 5.70. The van der Waals surface area contributed by atoms with Gasteiger partial charge in [-0.05, 0) is 25.7 Å². The molecule has 4 heterocycles. The summed E-state index contributed by atoms with van der Waals surface area (Å²) in [7, 11) is 0. The largest absolute Gasteiger partial charge is 0.227 e. The molecule has 3 aliphatic heterocycles. The zero-order valence-electron chi connectivity index (χ0n) is 10.1. The number of hydrogen-bond acceptors (Lipinski definition) is 4. The van der Waals surface area contributed by atoms with Gasteiger partial charge in [0, 0.05) is 12.1 Å². The Balaban J connectivity index is 1.72. The van der Waals surface area contributed by atoms with Gasteiger partial charge in [0.05, 0.1) is 6.04 Å². The quantitative estimate of drug-likeness (QED) is 0.712. The molecule has 94 valence electrons. The lowest BCUT2D eigenvalue weighted by molar-refractivity contribution is -0.416. The van der Waals surface area contributed by atoms with E-state index in [1.807, 2.05) is 24.4 Å². The standard InChI is InChI=1S/C13H15N3O2/c1-2-8-14-10(3-1)11-12-13(18-17-11)6-4-9(5-7-13)15-16-12/h1-3,8-9,11-12H,4-7H2/p+1. The van der Waals surface area contributed by atoms with Gasteiger partial charge in [-0.1, -0.05) is 6.07 Å². The fourth-order valence-electron chi connectivity index (χ4n) is 3.25. The minimum Gasteiger partial charge on any atom is -0.227 e. The summed E-state index contributed by atoms with van der Waals surface area (Å²) in [6.45, 7) is 0. The molecule has 4 aliphatic rings. The van der Waals surface area contributed by atoms with Crippen molar-refractivity contribution in [2.75, 3.05) is 0 Å². The molecule has 2 atom stereocenters. The van der Waals surface area contributed by atoms with E-state index in [1.165, 1.54) is 0 Å². The normalized spacial score (nSPS) is 41.7. The van der Waals surface area contributed by atoms with Gasteiger partial charge >= 0.3 is 0 Å². The molecule has 2 fully saturated rings. The number of nitrogens with zero attached hydrogens (tertiary/aromatic N) is 2. The van der Waals surface area contributed by atoms with Crippen molar-refractivity contribution < 1.29 is 14.8 Å². The number of aromatic nitrogens is 1. The highest BCUT2D eigenvalue weighted by atomic mass is 17.2. The number of fused-ring (bicyclic) bond motifs is 2. The van der Waals surface area contributed by atoms with E-state index in [-0.39, 0.29) is 17.7 Å². The Morgan fingerprint density at radius 2 is 2.11 bits per heavy atom. The molecule has 1 N–H and O–H groups in total. The van der Waals surface area contributed by atoms with Gasteiger partial charge in [-0.25, -0.2) is 14.8 Å². The highest BCUT2D eigenvalue weighted by Crippen LogP contribution is 2.49. The first-order chi connectivity index (χ1) is 8.87. The molecule has 1 aromatic rings. The smallest absolute Gasteiger partial charge is 0.214 e. The van der Waals surface area contributed by atoms with Gasteiger partial charge in [0.25, 0.3) is 0 Å². The predicted octanol–water partition coefficient (Wildman–Crippen LogP) is 2.02. The molecule has 1 saturated heterocycles. The van der Waals surface area contributed by atoms with Crippen LogP contribution in [0.1, 0.15) is 37.5 Å². The second-order valence-corrected chi connectivity index (χ2v) is 5.39. The van der Waals surface area contributed by atoms with Crippen LogP contribution in [0.4, 0.5) is 0 Å². The van der Waals surface area contributed by atoms with Crippen molar-refractivity contribution in [3.05, 3.63) is 30.1 Å². The molecule has 2 bridgehead atoms. The van der Waals surface area contributed by atoms with Crippen LogP contribution < -0.4 is 4.98 Å². The summed E-state index contributed by atoms with van der Waals surface area (Å²) in [5, 5.41) is 8.96. The Labute approximate surface area is 105 Å². The van der Waals surface area contributed by atoms with Crippen molar-refractivity contribution in [2.24, 2.45) is 10.2 Å². The summed E-state index contributed by atoms with van der Waals surface area (Å²) in [4.78, 5) is 14.5. The van der Waals surface area contributed by atoms with Gasteiger partial charge in [0.15, 0.2) is 6.20 Å². The first-order valence-corrected chi connectivity index (χ1v) is 6.58. The first kappa shape index (κ1) is 10.6. The topological polar surface area (TPSA) is 57.3 Å². The number of H-pyrrole nitrogens is 1. The minimum atomic E-state index is -0.245. The highest BCUT2D eigenvalue weighted by molar-refractivity contribution is 5.12. The van der Waals surface area contributed by atoms with Gasteiger partial charge in [-0.2, -0.15) is 10.2 Å². The van der Waals surface area contributed by atoms with Crippen molar-refractivity contribution in [3.8, 4) is 0 Å². The molecule has 5 nitrogen and oxygen atoms in total. The van der Waals surface area contributed by atoms with Crippen LogP contribution in [0.15, 0.2) is 34.6 Å². The molecule has 1 spiro atoms. The van der Waals surface area contributed by atoms with Crippen LogP contribution in [0.25, 0.3) is 0 Å². The number of azo groups is 1. The van der Waals surface area contributed by atoms with E-state index in [2.05, 4.69) is 15.2 Å². The molecule has 5 rings (SSSR count). The zero-order valence-corrected chi connectivity index (χ0v) is 10.1. The molecular weight excluding hydrogens is 230 g/mol. The molecule has 1 aliphatic carbocycles. The molecule has 5 heteroatoms. The van der Waals surface area contributed by atoms with Crippen LogP contribution >= 0.6 is 0 Å². The number of rotatable bonds is 1. The number of aromatic amines is 1. The van der Waals surface area contributed by atoms with Crippen LogP contribution in [0.2, 0.25) is 0 Å². The average Bonchev–Trinajstić information content (AvgIpc) is 2.59. The Morgan fingerprint density at radius 3 is 2.89 bits per heavy atom. The van der Waals surface area contributed by atoms with E-state index in [0.29, 0.717) is 6.04 Å². The molecule has 0 radical (unpaired) electrons. The fourth-order valence-corrected chi connectivity index (χ4v) is 3.25. The average molecular weight is 246 g/mol. The van der Waals surface area contributed by atoms with Crippen molar-refractivity contribution in [2.45, 2.75) is 49.5 Å². The maximum Gasteiger partial charge on any atom is 0.214 e. The van der Waals surface area contributed by atoms with E-state index in [0.717, 1.165) is 31.4 Å². The molecule has 1 aromatic heterocycles. The maximum atomic E-state index is 5.70. The Kier molecular flexibility index (Phi) is 2.25. The van der Waals surface area contributed by atoms with E-state index < -0.39 is 0 Å². The van der Waals surface area contributed by atoms with Gasteiger partial charge in [-0.3, -0.25) is 0 Å². The van der Waals surface area contributed by atoms with Crippen molar-refractivity contribution in [3.63, 3.8) is 0 Å². The summed E-state index contributed by atoms with van der Waals surface area (Å²) in [5.74, 6) is 0. The Hall–Kier alpha value is -1.33. The summed E-state index contributed by atoms with van der Waals surface area (Å²) in [6.07, 6.45) is 5.86. The Morgan fingerprint density at radius 1 is 1.22 bits per heavy atom. The second-order valence-electron chi connectivity index (χ2n) is 5.39. The summed E-state index contributed by atoms with van der Waals surface area (Å²) < 4.78 is 0. The van der Waals surface area contributed by atoms with Crippen LogP contribution in [-0.2, 0) is 9.78 Å². The van der Waals surface area contributed by atoms with E-state index in [1.54, 1.807) is 0 Å². The zero-order chi connectivity index (χ0) is 12.0. The molecule has 0 amide bonds. The summed E-state index contributed by atoms with van der Waals surface area (Å²) in [6, 6.07) is 6.34. The highest BCUT2D eigenvalue weighted by Gasteiger charge is 2.57. The number of hydrogen-bond donors (Lipinski definition) is 0. The third kappa shape index (κ3) is 1.44. The predicted molar refractivity (Wildman–Crippen MR) is 61.5 cm³/mol. The third-order valence-electron chi connectivity index (χ3n) is 4.34. The molecule has 18 heavy (non-hydrogen) atoms. The van der Waals surface area contributed by atoms with Crippen LogP contribution in [-0.4, -0.2) is 17.7 Å². The van der Waals surface area contributed by atoms with Gasteiger partial charge in [0.2, 0.25) is 11.8 Å². The minimum absolute atomic E-state index is 0.0105. The molecule has 1 saturated carbocycles. The first-order valence-electron chi connectivity index (χ1n) is 6.58. The van der Waals surface area contributed by atoms with Crippen LogP contribution in [0.3, 0.4) is 0 Å². The molecule has 0 aromatic carbocycles. The number of pyridine rings is 1. The van der Waals surface area contributed by atoms with Crippen molar-refractivity contribution >= 4 is 0 Å². The molecule has 2 unspecified atom stereocenters. The lowest BCUT2D eigenvalue weighted by Crippen LogP contribution is -2.42. The lowest BCUT2D eigenvalue weighted by Gasteiger charge is -2.31. The Bertz CT molecular complexity index is 468. The van der Waals surface area contributed by atoms with E-state index in [4.69, 9.17) is 9.78 Å². The van der Waals surface area contributed by atoms with Gasteiger partial charge < -0.3 is 0 Å². The van der Waals surface area contributed by atoms with Crippen molar-refractivity contribution in [1.82, 2.24) is 0 Å².